The van der Waals surface area contributed by atoms with Gasteiger partial charge in [-0.05, 0) is 55.0 Å². The molecule has 0 aliphatic carbocycles. The largest absolute Gasteiger partial charge is 0.399 e. The molecule has 0 saturated carbocycles. The third-order valence-electron chi connectivity index (χ3n) is 3.19. The van der Waals surface area contributed by atoms with E-state index < -0.39 is 10.0 Å². The quantitative estimate of drug-likeness (QED) is 0.851. The first-order valence-electron chi connectivity index (χ1n) is 6.46. The van der Waals surface area contributed by atoms with Gasteiger partial charge in [0.2, 0.25) is 0 Å². The molecule has 5 nitrogen and oxygen atoms in total. The van der Waals surface area contributed by atoms with Gasteiger partial charge in [-0.2, -0.15) is 0 Å². The van der Waals surface area contributed by atoms with Crippen LogP contribution in [0.4, 0.5) is 17.1 Å². The standard InChI is InChI=1S/C15H19N3O2S/c1-11-10-14(8-9-15(11)16)21(19,20)17-12-4-6-13(7-5-12)18(2)3/h4-10,17H,16H2,1-3H3. The molecule has 0 aliphatic rings. The molecule has 2 aromatic rings. The summed E-state index contributed by atoms with van der Waals surface area (Å²) in [7, 11) is 0.249. The molecule has 0 aromatic heterocycles. The third kappa shape index (κ3) is 3.46. The third-order valence-corrected chi connectivity index (χ3v) is 4.57. The summed E-state index contributed by atoms with van der Waals surface area (Å²) in [5, 5.41) is 0. The van der Waals surface area contributed by atoms with Gasteiger partial charge in [-0.1, -0.05) is 0 Å². The Morgan fingerprint density at radius 3 is 2.19 bits per heavy atom. The highest BCUT2D eigenvalue weighted by atomic mass is 32.2. The molecule has 0 radical (unpaired) electrons. The van der Waals surface area contributed by atoms with Crippen LogP contribution in [0.25, 0.3) is 0 Å². The van der Waals surface area contributed by atoms with Gasteiger partial charge in [0.25, 0.3) is 10.0 Å². The van der Waals surface area contributed by atoms with Crippen molar-refractivity contribution in [1.29, 1.82) is 0 Å². The SMILES string of the molecule is Cc1cc(S(=O)(=O)Nc2ccc(N(C)C)cc2)ccc1N. The number of aryl methyl sites for hydroxylation is 1. The zero-order chi connectivity index (χ0) is 15.6. The minimum Gasteiger partial charge on any atom is -0.399 e. The van der Waals surface area contributed by atoms with E-state index in [1.54, 1.807) is 31.2 Å². The second-order valence-electron chi connectivity index (χ2n) is 5.07. The maximum absolute atomic E-state index is 12.3. The minimum absolute atomic E-state index is 0.200. The normalized spacial score (nSPS) is 11.2. The summed E-state index contributed by atoms with van der Waals surface area (Å²) in [6, 6.07) is 11.8. The van der Waals surface area contributed by atoms with Crippen LogP contribution < -0.4 is 15.4 Å². The van der Waals surface area contributed by atoms with E-state index in [0.29, 0.717) is 11.4 Å². The van der Waals surface area contributed by atoms with E-state index in [1.807, 2.05) is 31.1 Å². The summed E-state index contributed by atoms with van der Waals surface area (Å²) in [4.78, 5) is 2.15. The predicted octanol–water partition coefficient (Wildman–Crippen LogP) is 2.44. The molecular formula is C15H19N3O2S. The van der Waals surface area contributed by atoms with Crippen LogP contribution in [0.5, 0.6) is 0 Å². The van der Waals surface area contributed by atoms with Crippen LogP contribution in [0, 0.1) is 6.92 Å². The fourth-order valence-corrected chi connectivity index (χ4v) is 3.00. The Morgan fingerprint density at radius 1 is 1.05 bits per heavy atom. The lowest BCUT2D eigenvalue weighted by Gasteiger charge is -2.14. The summed E-state index contributed by atoms with van der Waals surface area (Å²) in [5.74, 6) is 0. The average Bonchev–Trinajstić information content (AvgIpc) is 2.42. The number of nitrogen functional groups attached to an aromatic ring is 1. The summed E-state index contributed by atoms with van der Waals surface area (Å²) in [5.41, 5.74) is 8.54. The average molecular weight is 305 g/mol. The van der Waals surface area contributed by atoms with Gasteiger partial charge in [-0.3, -0.25) is 4.72 Å². The molecule has 21 heavy (non-hydrogen) atoms. The van der Waals surface area contributed by atoms with Gasteiger partial charge >= 0.3 is 0 Å². The molecule has 0 aliphatic heterocycles. The Balaban J connectivity index is 2.26. The topological polar surface area (TPSA) is 75.4 Å². The molecule has 112 valence electrons. The van der Waals surface area contributed by atoms with Crippen molar-refractivity contribution in [3.05, 3.63) is 48.0 Å². The van der Waals surface area contributed by atoms with Gasteiger partial charge in [0, 0.05) is 31.2 Å². The molecule has 0 fully saturated rings. The van der Waals surface area contributed by atoms with Crippen molar-refractivity contribution in [2.75, 3.05) is 29.5 Å². The number of hydrogen-bond donors (Lipinski definition) is 2. The van der Waals surface area contributed by atoms with Crippen LogP contribution in [-0.2, 0) is 10.0 Å². The Hall–Kier alpha value is -2.21. The Labute approximate surface area is 125 Å². The first-order valence-corrected chi connectivity index (χ1v) is 7.94. The van der Waals surface area contributed by atoms with Crippen molar-refractivity contribution in [2.24, 2.45) is 0 Å². The van der Waals surface area contributed by atoms with Gasteiger partial charge in [-0.25, -0.2) is 8.42 Å². The monoisotopic (exact) mass is 305 g/mol. The van der Waals surface area contributed by atoms with Crippen LogP contribution in [0.1, 0.15) is 5.56 Å². The van der Waals surface area contributed by atoms with Crippen LogP contribution >= 0.6 is 0 Å². The number of benzene rings is 2. The number of sulfonamides is 1. The van der Waals surface area contributed by atoms with E-state index in [2.05, 4.69) is 4.72 Å². The Bertz CT molecular complexity index is 738. The summed E-state index contributed by atoms with van der Waals surface area (Å²) >= 11 is 0. The van der Waals surface area contributed by atoms with Crippen molar-refractivity contribution in [3.63, 3.8) is 0 Å². The maximum Gasteiger partial charge on any atom is 0.261 e. The highest BCUT2D eigenvalue weighted by Crippen LogP contribution is 2.21. The smallest absolute Gasteiger partial charge is 0.261 e. The minimum atomic E-state index is -3.60. The second kappa shape index (κ2) is 5.65. The van der Waals surface area contributed by atoms with E-state index in [0.717, 1.165) is 11.3 Å². The van der Waals surface area contributed by atoms with Crippen LogP contribution in [0.2, 0.25) is 0 Å². The van der Waals surface area contributed by atoms with E-state index >= 15 is 0 Å². The molecular weight excluding hydrogens is 286 g/mol. The number of rotatable bonds is 4. The molecule has 0 bridgehead atoms. The molecule has 0 amide bonds. The molecule has 6 heteroatoms. The van der Waals surface area contributed by atoms with Crippen LogP contribution in [0.15, 0.2) is 47.4 Å². The summed E-state index contributed by atoms with van der Waals surface area (Å²) < 4.78 is 27.2. The molecule has 0 unspecified atom stereocenters. The van der Waals surface area contributed by atoms with Crippen molar-refractivity contribution in [1.82, 2.24) is 0 Å². The number of hydrogen-bond acceptors (Lipinski definition) is 4. The zero-order valence-corrected chi connectivity index (χ0v) is 13.1. The Morgan fingerprint density at radius 2 is 1.67 bits per heavy atom. The van der Waals surface area contributed by atoms with Crippen molar-refractivity contribution in [2.45, 2.75) is 11.8 Å². The zero-order valence-electron chi connectivity index (χ0n) is 12.3. The second-order valence-corrected chi connectivity index (χ2v) is 6.75. The van der Waals surface area contributed by atoms with E-state index in [4.69, 9.17) is 5.73 Å². The molecule has 0 heterocycles. The fraction of sp³-hybridized carbons (Fsp3) is 0.200. The lowest BCUT2D eigenvalue weighted by Crippen LogP contribution is -2.14. The van der Waals surface area contributed by atoms with Crippen LogP contribution in [-0.4, -0.2) is 22.5 Å². The van der Waals surface area contributed by atoms with E-state index in [9.17, 15) is 8.42 Å². The molecule has 0 saturated heterocycles. The number of nitrogens with one attached hydrogen (secondary N) is 1. The van der Waals surface area contributed by atoms with Gasteiger partial charge in [0.05, 0.1) is 4.90 Å². The van der Waals surface area contributed by atoms with E-state index in [1.165, 1.54) is 6.07 Å². The first kappa shape index (κ1) is 15.2. The van der Waals surface area contributed by atoms with E-state index in [-0.39, 0.29) is 4.90 Å². The number of nitrogens with two attached hydrogens (primary N) is 1. The molecule has 0 atom stereocenters. The molecule has 2 rings (SSSR count). The molecule has 0 spiro atoms. The number of anilines is 3. The maximum atomic E-state index is 12.3. The summed E-state index contributed by atoms with van der Waals surface area (Å²) in [6.07, 6.45) is 0. The van der Waals surface area contributed by atoms with Crippen LogP contribution in [0.3, 0.4) is 0 Å². The fourth-order valence-electron chi connectivity index (χ4n) is 1.86. The van der Waals surface area contributed by atoms with Crippen molar-refractivity contribution in [3.8, 4) is 0 Å². The van der Waals surface area contributed by atoms with Crippen molar-refractivity contribution >= 4 is 27.1 Å². The van der Waals surface area contributed by atoms with Gasteiger partial charge in [-0.15, -0.1) is 0 Å². The lowest BCUT2D eigenvalue weighted by molar-refractivity contribution is 0.601. The highest BCUT2D eigenvalue weighted by molar-refractivity contribution is 7.92. The van der Waals surface area contributed by atoms with Gasteiger partial charge in [0.1, 0.15) is 0 Å². The van der Waals surface area contributed by atoms with Gasteiger partial charge < -0.3 is 10.6 Å². The molecule has 3 N–H and O–H groups in total. The Kier molecular flexibility index (Phi) is 4.09. The predicted molar refractivity (Wildman–Crippen MR) is 87.2 cm³/mol. The van der Waals surface area contributed by atoms with Gasteiger partial charge in [0.15, 0.2) is 0 Å². The highest BCUT2D eigenvalue weighted by Gasteiger charge is 2.15. The number of nitrogens with zero attached hydrogens (tertiary/aromatic N) is 1. The molecule has 2 aromatic carbocycles. The lowest BCUT2D eigenvalue weighted by atomic mass is 10.2. The van der Waals surface area contributed by atoms with Crippen molar-refractivity contribution < 1.29 is 8.42 Å². The summed E-state index contributed by atoms with van der Waals surface area (Å²) in [6.45, 7) is 1.78. The first-order chi connectivity index (χ1) is 9.79.